The van der Waals surface area contributed by atoms with E-state index in [4.69, 9.17) is 4.74 Å². The Morgan fingerprint density at radius 1 is 0.960 bits per heavy atom. The third-order valence-electron chi connectivity index (χ3n) is 3.83. The lowest BCUT2D eigenvalue weighted by molar-refractivity contribution is 0.0246. The molecule has 1 atom stereocenters. The fourth-order valence-corrected chi connectivity index (χ4v) is 3.96. The molecule has 2 aromatic rings. The standard InChI is InChI=1S/C20H24O4S/c1-16(2)15-18(24-20(21)17-9-5-3-6-10-17)13-14-25(22,23)19-11-7-4-8-12-19/h3-12,16,18H,13-15H2,1-2H3. The minimum Gasteiger partial charge on any atom is -0.459 e. The van der Waals surface area contributed by atoms with Gasteiger partial charge in [0.15, 0.2) is 9.84 Å². The van der Waals surface area contributed by atoms with Gasteiger partial charge in [0.05, 0.1) is 16.2 Å². The molecule has 0 amide bonds. The summed E-state index contributed by atoms with van der Waals surface area (Å²) in [5, 5.41) is 0. The van der Waals surface area contributed by atoms with Gasteiger partial charge in [-0.25, -0.2) is 13.2 Å². The van der Waals surface area contributed by atoms with E-state index in [1.807, 2.05) is 19.9 Å². The maximum absolute atomic E-state index is 12.4. The third kappa shape index (κ3) is 6.02. The largest absolute Gasteiger partial charge is 0.459 e. The van der Waals surface area contributed by atoms with Crippen molar-refractivity contribution in [3.05, 3.63) is 66.2 Å². The molecule has 1 unspecified atom stereocenters. The molecule has 134 valence electrons. The Hall–Kier alpha value is -2.14. The molecular formula is C20H24O4S. The fraction of sp³-hybridized carbons (Fsp3) is 0.350. The van der Waals surface area contributed by atoms with Crippen LogP contribution in [0.15, 0.2) is 65.6 Å². The van der Waals surface area contributed by atoms with Crippen LogP contribution in [0.1, 0.15) is 37.0 Å². The quantitative estimate of drug-likeness (QED) is 0.664. The van der Waals surface area contributed by atoms with Crippen LogP contribution in [0.2, 0.25) is 0 Å². The molecule has 0 aliphatic carbocycles. The average Bonchev–Trinajstić information content (AvgIpc) is 2.61. The number of carbonyl (C=O) groups is 1. The molecule has 0 heterocycles. The Balaban J connectivity index is 2.04. The van der Waals surface area contributed by atoms with Crippen LogP contribution < -0.4 is 0 Å². The van der Waals surface area contributed by atoms with E-state index in [0.29, 0.717) is 22.8 Å². The summed E-state index contributed by atoms with van der Waals surface area (Å²) in [6.45, 7) is 4.05. The molecule has 0 radical (unpaired) electrons. The van der Waals surface area contributed by atoms with Gasteiger partial charge in [0.1, 0.15) is 6.10 Å². The van der Waals surface area contributed by atoms with Crippen LogP contribution in [0.25, 0.3) is 0 Å². The maximum Gasteiger partial charge on any atom is 0.338 e. The first-order chi connectivity index (χ1) is 11.9. The predicted octanol–water partition coefficient (Wildman–Crippen LogP) is 4.12. The molecule has 0 fully saturated rings. The second-order valence-corrected chi connectivity index (χ2v) is 8.55. The summed E-state index contributed by atoms with van der Waals surface area (Å²) in [5.41, 5.74) is 0.474. The molecule has 0 saturated carbocycles. The Morgan fingerprint density at radius 2 is 1.52 bits per heavy atom. The molecule has 0 aliphatic rings. The lowest BCUT2D eigenvalue weighted by Crippen LogP contribution is -2.23. The van der Waals surface area contributed by atoms with Crippen molar-refractivity contribution in [2.75, 3.05) is 5.75 Å². The number of ether oxygens (including phenoxy) is 1. The lowest BCUT2D eigenvalue weighted by Gasteiger charge is -2.20. The summed E-state index contributed by atoms with van der Waals surface area (Å²) in [4.78, 5) is 12.6. The Morgan fingerprint density at radius 3 is 2.08 bits per heavy atom. The number of esters is 1. The van der Waals surface area contributed by atoms with Crippen LogP contribution in [0.5, 0.6) is 0 Å². The summed E-state index contributed by atoms with van der Waals surface area (Å²) in [6, 6.07) is 17.1. The smallest absolute Gasteiger partial charge is 0.338 e. The van der Waals surface area contributed by atoms with Crippen molar-refractivity contribution in [1.29, 1.82) is 0 Å². The van der Waals surface area contributed by atoms with Gasteiger partial charge in [0.25, 0.3) is 0 Å². The van der Waals surface area contributed by atoms with Crippen LogP contribution >= 0.6 is 0 Å². The first kappa shape index (κ1) is 19.2. The maximum atomic E-state index is 12.4. The van der Waals surface area contributed by atoms with Gasteiger partial charge < -0.3 is 4.74 Å². The zero-order chi connectivity index (χ0) is 18.3. The van der Waals surface area contributed by atoms with Gasteiger partial charge in [-0.05, 0) is 43.0 Å². The monoisotopic (exact) mass is 360 g/mol. The van der Waals surface area contributed by atoms with E-state index in [0.717, 1.165) is 0 Å². The number of sulfone groups is 1. The Kier molecular flexibility index (Phi) is 6.76. The summed E-state index contributed by atoms with van der Waals surface area (Å²) in [5.74, 6) is -0.160. The molecule has 5 heteroatoms. The van der Waals surface area contributed by atoms with Crippen LogP contribution in [0.4, 0.5) is 0 Å². The molecule has 0 aromatic heterocycles. The van der Waals surface area contributed by atoms with Crippen molar-refractivity contribution in [1.82, 2.24) is 0 Å². The number of carbonyl (C=O) groups excluding carboxylic acids is 1. The second-order valence-electron chi connectivity index (χ2n) is 6.44. The summed E-state index contributed by atoms with van der Waals surface area (Å²) >= 11 is 0. The van der Waals surface area contributed by atoms with Gasteiger partial charge >= 0.3 is 5.97 Å². The zero-order valence-electron chi connectivity index (χ0n) is 14.6. The molecule has 4 nitrogen and oxygen atoms in total. The van der Waals surface area contributed by atoms with Gasteiger partial charge in [0, 0.05) is 0 Å². The average molecular weight is 360 g/mol. The van der Waals surface area contributed by atoms with E-state index in [9.17, 15) is 13.2 Å². The van der Waals surface area contributed by atoms with Crippen molar-refractivity contribution in [2.24, 2.45) is 5.92 Å². The van der Waals surface area contributed by atoms with Crippen molar-refractivity contribution >= 4 is 15.8 Å². The lowest BCUT2D eigenvalue weighted by atomic mass is 10.0. The van der Waals surface area contributed by atoms with Crippen molar-refractivity contribution in [3.8, 4) is 0 Å². The van der Waals surface area contributed by atoms with E-state index >= 15 is 0 Å². The highest BCUT2D eigenvalue weighted by atomic mass is 32.2. The van der Waals surface area contributed by atoms with E-state index < -0.39 is 21.9 Å². The van der Waals surface area contributed by atoms with Gasteiger partial charge in [-0.1, -0.05) is 50.2 Å². The summed E-state index contributed by atoms with van der Waals surface area (Å²) in [6.07, 6.45) is 0.489. The van der Waals surface area contributed by atoms with Gasteiger partial charge in [0.2, 0.25) is 0 Å². The molecule has 0 N–H and O–H groups in total. The number of hydrogen-bond donors (Lipinski definition) is 0. The Bertz CT molecular complexity index is 768. The highest BCUT2D eigenvalue weighted by Gasteiger charge is 2.22. The van der Waals surface area contributed by atoms with Crippen LogP contribution in [0.3, 0.4) is 0 Å². The van der Waals surface area contributed by atoms with Crippen LogP contribution in [0, 0.1) is 5.92 Å². The first-order valence-corrected chi connectivity index (χ1v) is 10.1. The van der Waals surface area contributed by atoms with Crippen molar-refractivity contribution in [3.63, 3.8) is 0 Å². The fourth-order valence-electron chi connectivity index (χ4n) is 2.58. The topological polar surface area (TPSA) is 60.4 Å². The second kappa shape index (κ2) is 8.81. The molecule has 0 bridgehead atoms. The SMILES string of the molecule is CC(C)CC(CCS(=O)(=O)c1ccccc1)OC(=O)c1ccccc1. The molecular weight excluding hydrogens is 336 g/mol. The number of benzene rings is 2. The van der Waals surface area contributed by atoms with Gasteiger partial charge in [-0.2, -0.15) is 0 Å². The number of hydrogen-bond acceptors (Lipinski definition) is 4. The van der Waals surface area contributed by atoms with E-state index in [1.54, 1.807) is 54.6 Å². The number of rotatable bonds is 8. The van der Waals surface area contributed by atoms with Gasteiger partial charge in [-0.3, -0.25) is 0 Å². The van der Waals surface area contributed by atoms with Crippen molar-refractivity contribution < 1.29 is 17.9 Å². The third-order valence-corrected chi connectivity index (χ3v) is 5.59. The minimum atomic E-state index is -3.38. The molecule has 25 heavy (non-hydrogen) atoms. The molecule has 0 aliphatic heterocycles. The highest BCUT2D eigenvalue weighted by Crippen LogP contribution is 2.18. The summed E-state index contributed by atoms with van der Waals surface area (Å²) in [7, 11) is -3.38. The molecule has 2 rings (SSSR count). The molecule has 0 saturated heterocycles. The first-order valence-electron chi connectivity index (χ1n) is 8.42. The van der Waals surface area contributed by atoms with E-state index in [1.165, 1.54) is 0 Å². The summed E-state index contributed by atoms with van der Waals surface area (Å²) < 4.78 is 30.5. The predicted molar refractivity (Wildman–Crippen MR) is 98.2 cm³/mol. The van der Waals surface area contributed by atoms with Crippen LogP contribution in [-0.4, -0.2) is 26.2 Å². The zero-order valence-corrected chi connectivity index (χ0v) is 15.4. The molecule has 0 spiro atoms. The highest BCUT2D eigenvalue weighted by molar-refractivity contribution is 7.91. The molecule has 2 aromatic carbocycles. The minimum absolute atomic E-state index is 0.0452. The van der Waals surface area contributed by atoms with Gasteiger partial charge in [-0.15, -0.1) is 0 Å². The van der Waals surface area contributed by atoms with Crippen LogP contribution in [-0.2, 0) is 14.6 Å². The van der Waals surface area contributed by atoms with E-state index in [-0.39, 0.29) is 12.2 Å². The Labute approximate surface area is 149 Å². The van der Waals surface area contributed by atoms with E-state index in [2.05, 4.69) is 0 Å². The normalized spacial score (nSPS) is 12.8. The van der Waals surface area contributed by atoms with Crippen molar-refractivity contribution in [2.45, 2.75) is 37.7 Å².